The second-order valence-electron chi connectivity index (χ2n) is 5.52. The molecule has 2 N–H and O–H groups in total. The fourth-order valence-corrected chi connectivity index (χ4v) is 2.01. The number of nitrogens with two attached hydrogens (primary N) is 1. The lowest BCUT2D eigenvalue weighted by molar-refractivity contribution is 0.0372. The predicted molar refractivity (Wildman–Crippen MR) is 86.3 cm³/mol. The maximum absolute atomic E-state index is 11.8. The van der Waals surface area contributed by atoms with E-state index < -0.39 is 5.97 Å². The van der Waals surface area contributed by atoms with Crippen molar-refractivity contribution in [3.8, 4) is 5.75 Å². The fraction of sp³-hybridized carbons (Fsp3) is 0.438. The molecular formula is C16H22N4O3. The van der Waals surface area contributed by atoms with Crippen LogP contribution in [-0.2, 0) is 11.3 Å². The predicted octanol–water partition coefficient (Wildman–Crippen LogP) is 2.20. The Morgan fingerprint density at radius 2 is 2.17 bits per heavy atom. The van der Waals surface area contributed by atoms with Crippen LogP contribution in [0.15, 0.2) is 24.3 Å². The zero-order valence-electron chi connectivity index (χ0n) is 13.7. The lowest BCUT2D eigenvalue weighted by atomic mass is 10.2. The molecule has 7 heteroatoms. The lowest BCUT2D eigenvalue weighted by Gasteiger charge is -2.08. The number of nitrogens with zero attached hydrogens (tertiary/aromatic N) is 3. The van der Waals surface area contributed by atoms with Gasteiger partial charge in [-0.05, 0) is 38.5 Å². The Morgan fingerprint density at radius 3 is 2.87 bits per heavy atom. The smallest absolute Gasteiger partial charge is 0.363 e. The van der Waals surface area contributed by atoms with Crippen LogP contribution < -0.4 is 10.5 Å². The number of benzene rings is 1. The molecule has 2 rings (SSSR count). The third-order valence-corrected chi connectivity index (χ3v) is 3.08. The van der Waals surface area contributed by atoms with E-state index in [1.54, 1.807) is 13.8 Å². The number of anilines is 1. The number of nitrogen functional groups attached to an aromatic ring is 1. The summed E-state index contributed by atoms with van der Waals surface area (Å²) in [6, 6.07) is 7.86. The first-order valence-corrected chi connectivity index (χ1v) is 7.56. The van der Waals surface area contributed by atoms with Crippen molar-refractivity contribution in [2.45, 2.75) is 39.8 Å². The highest BCUT2D eigenvalue weighted by Crippen LogP contribution is 2.14. The molecule has 0 aliphatic carbocycles. The van der Waals surface area contributed by atoms with E-state index in [0.29, 0.717) is 19.6 Å². The summed E-state index contributed by atoms with van der Waals surface area (Å²) in [5.74, 6) is 0.490. The van der Waals surface area contributed by atoms with Gasteiger partial charge in [-0.2, -0.15) is 0 Å². The van der Waals surface area contributed by atoms with E-state index in [2.05, 4.69) is 10.3 Å². The Labute approximate surface area is 135 Å². The van der Waals surface area contributed by atoms with E-state index in [9.17, 15) is 4.79 Å². The number of carbonyl (C=O) groups is 1. The third kappa shape index (κ3) is 4.70. The van der Waals surface area contributed by atoms with E-state index >= 15 is 0 Å². The van der Waals surface area contributed by atoms with Crippen molar-refractivity contribution >= 4 is 11.8 Å². The van der Waals surface area contributed by atoms with Gasteiger partial charge in [0.15, 0.2) is 5.82 Å². The van der Waals surface area contributed by atoms with Crippen LogP contribution in [0.4, 0.5) is 5.82 Å². The monoisotopic (exact) mass is 318 g/mol. The van der Waals surface area contributed by atoms with E-state index in [1.807, 2.05) is 31.2 Å². The molecule has 0 radical (unpaired) electrons. The number of ether oxygens (including phenoxy) is 2. The van der Waals surface area contributed by atoms with E-state index in [4.69, 9.17) is 15.2 Å². The van der Waals surface area contributed by atoms with Crippen LogP contribution in [0.3, 0.4) is 0 Å². The number of hydrogen-bond donors (Lipinski definition) is 1. The molecule has 0 saturated carbocycles. The van der Waals surface area contributed by atoms with Crippen LogP contribution in [0.5, 0.6) is 5.75 Å². The molecule has 0 spiro atoms. The highest BCUT2D eigenvalue weighted by atomic mass is 16.5. The minimum Gasteiger partial charge on any atom is -0.494 e. The van der Waals surface area contributed by atoms with Crippen LogP contribution in [-0.4, -0.2) is 33.7 Å². The first-order valence-electron chi connectivity index (χ1n) is 7.56. The maximum atomic E-state index is 11.8. The molecule has 0 atom stereocenters. The molecule has 124 valence electrons. The summed E-state index contributed by atoms with van der Waals surface area (Å²) in [4.78, 5) is 11.8. The molecule has 1 aromatic heterocycles. The van der Waals surface area contributed by atoms with Gasteiger partial charge >= 0.3 is 5.97 Å². The SMILES string of the molecule is Cc1cccc(OCCCn2nnc(C(=O)OC(C)C)c2N)c1. The maximum Gasteiger partial charge on any atom is 0.363 e. The highest BCUT2D eigenvalue weighted by Gasteiger charge is 2.19. The average molecular weight is 318 g/mol. The van der Waals surface area contributed by atoms with Gasteiger partial charge in [-0.25, -0.2) is 9.48 Å². The molecule has 2 aromatic rings. The first kappa shape index (κ1) is 16.8. The Bertz CT molecular complexity index is 667. The topological polar surface area (TPSA) is 92.3 Å². The quantitative estimate of drug-likeness (QED) is 0.621. The zero-order valence-corrected chi connectivity index (χ0v) is 13.7. The summed E-state index contributed by atoms with van der Waals surface area (Å²) < 4.78 is 12.2. The van der Waals surface area contributed by atoms with Crippen LogP contribution >= 0.6 is 0 Å². The molecule has 1 aromatic carbocycles. The van der Waals surface area contributed by atoms with Gasteiger partial charge in [-0.3, -0.25) is 0 Å². The van der Waals surface area contributed by atoms with Gasteiger partial charge in [0.2, 0.25) is 5.69 Å². The van der Waals surface area contributed by atoms with Crippen molar-refractivity contribution in [1.29, 1.82) is 0 Å². The summed E-state index contributed by atoms with van der Waals surface area (Å²) in [7, 11) is 0. The Hall–Kier alpha value is -2.57. The number of hydrogen-bond acceptors (Lipinski definition) is 6. The number of aromatic nitrogens is 3. The molecule has 1 heterocycles. The van der Waals surface area contributed by atoms with E-state index in [1.165, 1.54) is 4.68 Å². The standard InChI is InChI=1S/C16H22N4O3/c1-11(2)23-16(21)14-15(17)20(19-18-14)8-5-9-22-13-7-4-6-12(3)10-13/h4,6-7,10-11H,5,8-9,17H2,1-3H3. The summed E-state index contributed by atoms with van der Waals surface area (Å²) >= 11 is 0. The Balaban J connectivity index is 1.84. The van der Waals surface area contributed by atoms with Crippen molar-refractivity contribution in [2.75, 3.05) is 12.3 Å². The van der Waals surface area contributed by atoms with Crippen molar-refractivity contribution in [3.63, 3.8) is 0 Å². The van der Waals surface area contributed by atoms with Crippen LogP contribution in [0, 0.1) is 6.92 Å². The molecule has 0 saturated heterocycles. The molecule has 0 bridgehead atoms. The average Bonchev–Trinajstić information content (AvgIpc) is 2.84. The number of rotatable bonds is 7. The summed E-state index contributed by atoms with van der Waals surface area (Å²) in [5, 5.41) is 7.68. The van der Waals surface area contributed by atoms with Gasteiger partial charge in [0.1, 0.15) is 5.75 Å². The molecule has 23 heavy (non-hydrogen) atoms. The van der Waals surface area contributed by atoms with Crippen molar-refractivity contribution in [3.05, 3.63) is 35.5 Å². The van der Waals surface area contributed by atoms with Gasteiger partial charge in [0.25, 0.3) is 0 Å². The fourth-order valence-electron chi connectivity index (χ4n) is 2.01. The summed E-state index contributed by atoms with van der Waals surface area (Å²) in [6.07, 6.45) is 0.468. The van der Waals surface area contributed by atoms with Gasteiger partial charge in [0.05, 0.1) is 12.7 Å². The normalized spacial score (nSPS) is 10.8. The molecular weight excluding hydrogens is 296 g/mol. The number of carbonyl (C=O) groups excluding carboxylic acids is 1. The summed E-state index contributed by atoms with van der Waals surface area (Å²) in [5.41, 5.74) is 7.09. The largest absolute Gasteiger partial charge is 0.494 e. The number of esters is 1. The van der Waals surface area contributed by atoms with Gasteiger partial charge in [0, 0.05) is 13.0 Å². The molecule has 0 aliphatic heterocycles. The van der Waals surface area contributed by atoms with Gasteiger partial charge < -0.3 is 15.2 Å². The highest BCUT2D eigenvalue weighted by molar-refractivity contribution is 5.91. The minimum atomic E-state index is -0.556. The van der Waals surface area contributed by atoms with Crippen LogP contribution in [0.1, 0.15) is 36.3 Å². The molecule has 0 fully saturated rings. The Kier molecular flexibility index (Phi) is 5.56. The van der Waals surface area contributed by atoms with Crippen LogP contribution in [0.2, 0.25) is 0 Å². The van der Waals surface area contributed by atoms with Crippen molar-refractivity contribution in [2.24, 2.45) is 0 Å². The van der Waals surface area contributed by atoms with Gasteiger partial charge in [-0.15, -0.1) is 5.10 Å². The second-order valence-corrected chi connectivity index (χ2v) is 5.52. The van der Waals surface area contributed by atoms with E-state index in [0.717, 1.165) is 11.3 Å². The zero-order chi connectivity index (χ0) is 16.8. The summed E-state index contributed by atoms with van der Waals surface area (Å²) in [6.45, 7) is 6.58. The Morgan fingerprint density at radius 1 is 1.39 bits per heavy atom. The second kappa shape index (κ2) is 7.62. The van der Waals surface area contributed by atoms with Crippen LogP contribution in [0.25, 0.3) is 0 Å². The molecule has 0 unspecified atom stereocenters. The lowest BCUT2D eigenvalue weighted by Crippen LogP contribution is -2.14. The third-order valence-electron chi connectivity index (χ3n) is 3.08. The van der Waals surface area contributed by atoms with Crippen molar-refractivity contribution < 1.29 is 14.3 Å². The van der Waals surface area contributed by atoms with Crippen molar-refractivity contribution in [1.82, 2.24) is 15.0 Å². The molecule has 7 nitrogen and oxygen atoms in total. The van der Waals surface area contributed by atoms with E-state index in [-0.39, 0.29) is 17.6 Å². The van der Waals surface area contributed by atoms with Gasteiger partial charge in [-0.1, -0.05) is 17.3 Å². The minimum absolute atomic E-state index is 0.0540. The number of aryl methyl sites for hydroxylation is 2. The molecule has 0 aliphatic rings. The first-order chi connectivity index (χ1) is 11.0. The molecule has 0 amide bonds.